The first kappa shape index (κ1) is 24.6. The fourth-order valence-electron chi connectivity index (χ4n) is 2.75. The molecule has 0 aliphatic carbocycles. The van der Waals surface area contributed by atoms with E-state index in [9.17, 15) is 9.90 Å². The number of nitrogens with one attached hydrogen (secondary N) is 1. The maximum atomic E-state index is 11.8. The lowest BCUT2D eigenvalue weighted by atomic mass is 9.96. The molecule has 166 valence electrons. The first-order valence-corrected chi connectivity index (χ1v) is 11.6. The third-order valence-corrected chi connectivity index (χ3v) is 5.74. The largest absolute Gasteiger partial charge is 0.508 e. The van der Waals surface area contributed by atoms with E-state index in [1.165, 1.54) is 0 Å². The number of carbonyl (C=O) groups is 1. The molecule has 0 fully saturated rings. The normalized spacial score (nSPS) is 12.1. The molecule has 0 saturated carbocycles. The van der Waals surface area contributed by atoms with Crippen LogP contribution in [0, 0.1) is 0 Å². The van der Waals surface area contributed by atoms with Crippen LogP contribution in [0.2, 0.25) is 10.0 Å². The Morgan fingerprint density at radius 1 is 1.20 bits per heavy atom. The van der Waals surface area contributed by atoms with Crippen LogP contribution in [0.15, 0.2) is 30.3 Å². The van der Waals surface area contributed by atoms with Crippen molar-refractivity contribution in [2.75, 3.05) is 18.9 Å². The number of halogens is 2. The van der Waals surface area contributed by atoms with Crippen molar-refractivity contribution in [3.05, 3.63) is 57.1 Å². The second kappa shape index (κ2) is 10.6. The van der Waals surface area contributed by atoms with E-state index < -0.39 is 16.8 Å². The van der Waals surface area contributed by atoms with Crippen LogP contribution in [0.3, 0.4) is 0 Å². The lowest BCUT2D eigenvalue weighted by Crippen LogP contribution is -2.32. The molecule has 2 aromatic rings. The third-order valence-electron chi connectivity index (χ3n) is 4.29. The highest BCUT2D eigenvalue weighted by molar-refractivity contribution is 8.19. The molecule has 0 aromatic heterocycles. The summed E-state index contributed by atoms with van der Waals surface area (Å²) < 4.78 is 30.3. The van der Waals surface area contributed by atoms with Gasteiger partial charge in [-0.15, -0.1) is 0 Å². The smallest absolute Gasteiger partial charge is 0.257 e. The number of benzene rings is 2. The Hall–Kier alpha value is -1.68. The van der Waals surface area contributed by atoms with E-state index >= 15 is 0 Å². The summed E-state index contributed by atoms with van der Waals surface area (Å²) in [7, 11) is -3.39. The zero-order valence-electron chi connectivity index (χ0n) is 16.6. The van der Waals surface area contributed by atoms with Gasteiger partial charge in [0, 0.05) is 23.0 Å². The lowest BCUT2D eigenvalue weighted by molar-refractivity contribution is -0.122. The second-order valence-corrected chi connectivity index (χ2v) is 9.66. The topological polar surface area (TPSA) is 122 Å². The number of hydrogen-bond donors (Lipinski definition) is 4. The van der Waals surface area contributed by atoms with Gasteiger partial charge in [-0.25, -0.2) is 0 Å². The fraction of sp³-hybridized carbons (Fsp3) is 0.350. The SMILES string of the molecule is CC(C)c1cc(Cc2c(Cl)cc(OCC(=O)NCCS(O)(O)[OH2+])cc2Cl)ccc1O. The van der Waals surface area contributed by atoms with Crippen LogP contribution in [0.1, 0.15) is 36.5 Å². The Balaban J connectivity index is 2.02. The molecule has 1 amide bonds. The fourth-order valence-corrected chi connectivity index (χ4v) is 3.73. The van der Waals surface area contributed by atoms with E-state index in [1.54, 1.807) is 18.2 Å². The number of carbonyl (C=O) groups excluding carboxylic acids is 1. The van der Waals surface area contributed by atoms with Gasteiger partial charge in [-0.2, -0.15) is 0 Å². The molecule has 0 spiro atoms. The quantitative estimate of drug-likeness (QED) is 0.400. The van der Waals surface area contributed by atoms with Gasteiger partial charge in [0.05, 0.1) is 0 Å². The zero-order valence-corrected chi connectivity index (χ0v) is 18.9. The average Bonchev–Trinajstić information content (AvgIpc) is 2.63. The number of phenols is 1. The Kier molecular flexibility index (Phi) is 8.66. The average molecular weight is 479 g/mol. The first-order chi connectivity index (χ1) is 14.0. The summed E-state index contributed by atoms with van der Waals surface area (Å²) in [5.41, 5.74) is 2.50. The lowest BCUT2D eigenvalue weighted by Gasteiger charge is -2.15. The summed E-state index contributed by atoms with van der Waals surface area (Å²) in [4.78, 5) is 11.8. The predicted molar refractivity (Wildman–Crippen MR) is 121 cm³/mol. The van der Waals surface area contributed by atoms with Crippen LogP contribution in [-0.2, 0) is 11.2 Å². The zero-order chi connectivity index (χ0) is 22.5. The van der Waals surface area contributed by atoms with Gasteiger partial charge in [-0.1, -0.05) is 49.2 Å². The highest BCUT2D eigenvalue weighted by Gasteiger charge is 2.17. The molecule has 0 aliphatic heterocycles. The molecule has 0 aliphatic rings. The van der Waals surface area contributed by atoms with Crippen molar-refractivity contribution in [2.45, 2.75) is 26.2 Å². The number of aromatic hydroxyl groups is 1. The molecule has 0 saturated heterocycles. The van der Waals surface area contributed by atoms with Crippen LogP contribution in [0.25, 0.3) is 0 Å². The summed E-state index contributed by atoms with van der Waals surface area (Å²) in [5, 5.41) is 13.2. The van der Waals surface area contributed by atoms with E-state index in [4.69, 9.17) is 41.6 Å². The number of hydrogen-bond acceptors (Lipinski definition) is 5. The predicted octanol–water partition coefficient (Wildman–Crippen LogP) is 4.30. The molecule has 30 heavy (non-hydrogen) atoms. The number of phenolic OH excluding ortho intramolecular Hbond substituents is 1. The third kappa shape index (κ3) is 7.54. The standard InChI is InChI=1S/C20H25Cl2NO6S/c1-12(2)15-7-13(3-4-19(15)24)8-16-17(21)9-14(10-18(16)22)29-11-20(25)23-5-6-30(26,27)28/h3-4,7,9-10,12,24,26-28H,5-6,8,11H2,1-2H3,(H,23,25)/p+1. The van der Waals surface area contributed by atoms with Crippen molar-refractivity contribution in [1.29, 1.82) is 0 Å². The molecular weight excluding hydrogens is 453 g/mol. The van der Waals surface area contributed by atoms with Crippen LogP contribution < -0.4 is 10.1 Å². The Morgan fingerprint density at radius 3 is 2.40 bits per heavy atom. The van der Waals surface area contributed by atoms with E-state index in [2.05, 4.69) is 5.32 Å². The van der Waals surface area contributed by atoms with Gasteiger partial charge in [0.15, 0.2) is 6.61 Å². The van der Waals surface area contributed by atoms with Crippen LogP contribution in [0.4, 0.5) is 0 Å². The molecule has 0 bridgehead atoms. The molecule has 0 unspecified atom stereocenters. The Morgan fingerprint density at radius 2 is 1.83 bits per heavy atom. The van der Waals surface area contributed by atoms with Crippen LogP contribution in [0.5, 0.6) is 11.5 Å². The molecule has 0 radical (unpaired) electrons. The summed E-state index contributed by atoms with van der Waals surface area (Å²) in [6, 6.07) is 8.53. The molecule has 2 aromatic carbocycles. The van der Waals surface area contributed by atoms with Crippen LogP contribution in [-0.4, -0.2) is 43.6 Å². The molecule has 6 N–H and O–H groups in total. The monoisotopic (exact) mass is 478 g/mol. The molecular formula is C20H26Cl2NO6S+. The Bertz CT molecular complexity index is 878. The maximum Gasteiger partial charge on any atom is 0.257 e. The molecule has 0 heterocycles. The van der Waals surface area contributed by atoms with E-state index in [1.807, 2.05) is 26.0 Å². The summed E-state index contributed by atoms with van der Waals surface area (Å²) in [6.07, 6.45) is 0.470. The van der Waals surface area contributed by atoms with Crippen molar-refractivity contribution in [3.63, 3.8) is 0 Å². The van der Waals surface area contributed by atoms with Crippen LogP contribution >= 0.6 is 34.1 Å². The highest BCUT2D eigenvalue weighted by Crippen LogP contribution is 2.34. The van der Waals surface area contributed by atoms with E-state index in [0.717, 1.165) is 11.1 Å². The molecule has 2 rings (SSSR count). The highest BCUT2D eigenvalue weighted by atomic mass is 35.5. The second-order valence-electron chi connectivity index (χ2n) is 7.10. The summed E-state index contributed by atoms with van der Waals surface area (Å²) in [6.45, 7) is 3.65. The van der Waals surface area contributed by atoms with Crippen molar-refractivity contribution in [1.82, 2.24) is 5.32 Å². The summed E-state index contributed by atoms with van der Waals surface area (Å²) >= 11 is 12.8. The van der Waals surface area contributed by atoms with Gasteiger partial charge in [-0.05, 0) is 40.8 Å². The van der Waals surface area contributed by atoms with Crippen molar-refractivity contribution in [3.8, 4) is 11.5 Å². The molecule has 0 atom stereocenters. The minimum absolute atomic E-state index is 0.0422. The van der Waals surface area contributed by atoms with Gasteiger partial charge in [0.1, 0.15) is 17.3 Å². The van der Waals surface area contributed by atoms with E-state index in [-0.39, 0.29) is 30.6 Å². The van der Waals surface area contributed by atoms with Crippen molar-refractivity contribution in [2.24, 2.45) is 0 Å². The van der Waals surface area contributed by atoms with Crippen molar-refractivity contribution < 1.29 is 28.3 Å². The number of amides is 1. The van der Waals surface area contributed by atoms with Gasteiger partial charge < -0.3 is 19.7 Å². The number of rotatable bonds is 9. The Labute approximate surface area is 187 Å². The molecule has 10 heteroatoms. The van der Waals surface area contributed by atoms with Gasteiger partial charge >= 0.3 is 0 Å². The van der Waals surface area contributed by atoms with Gasteiger partial charge in [-0.3, -0.25) is 13.9 Å². The van der Waals surface area contributed by atoms with E-state index in [0.29, 0.717) is 27.8 Å². The maximum absolute atomic E-state index is 11.8. The minimum Gasteiger partial charge on any atom is -0.508 e. The molecule has 7 nitrogen and oxygen atoms in total. The first-order valence-electron chi connectivity index (χ1n) is 9.16. The number of ether oxygens (including phenoxy) is 1. The van der Waals surface area contributed by atoms with Gasteiger partial charge in [0.2, 0.25) is 10.9 Å². The summed E-state index contributed by atoms with van der Waals surface area (Å²) in [5.74, 6) is 0.0238. The van der Waals surface area contributed by atoms with Crippen molar-refractivity contribution >= 4 is 40.0 Å². The minimum atomic E-state index is -3.39. The van der Waals surface area contributed by atoms with Gasteiger partial charge in [0.25, 0.3) is 5.91 Å².